The SMILES string of the molecule is O=C1OC(C2CCCCC2)=N/C1=C/c1ccco1. The molecule has 2 aliphatic rings. The Hall–Kier alpha value is -1.84. The highest BCUT2D eigenvalue weighted by molar-refractivity contribution is 6.07. The lowest BCUT2D eigenvalue weighted by Crippen LogP contribution is -2.19. The van der Waals surface area contributed by atoms with Crippen molar-refractivity contribution >= 4 is 17.9 Å². The van der Waals surface area contributed by atoms with Crippen LogP contribution in [0.5, 0.6) is 0 Å². The molecule has 0 N–H and O–H groups in total. The molecule has 0 radical (unpaired) electrons. The zero-order chi connectivity index (χ0) is 12.4. The second-order valence-corrected chi connectivity index (χ2v) is 4.72. The van der Waals surface area contributed by atoms with Gasteiger partial charge >= 0.3 is 5.97 Å². The van der Waals surface area contributed by atoms with Crippen molar-refractivity contribution in [2.45, 2.75) is 32.1 Å². The summed E-state index contributed by atoms with van der Waals surface area (Å²) in [6.45, 7) is 0. The zero-order valence-electron chi connectivity index (χ0n) is 10.1. The van der Waals surface area contributed by atoms with Crippen molar-refractivity contribution in [3.8, 4) is 0 Å². The summed E-state index contributed by atoms with van der Waals surface area (Å²) >= 11 is 0. The summed E-state index contributed by atoms with van der Waals surface area (Å²) in [5, 5.41) is 0. The van der Waals surface area contributed by atoms with Gasteiger partial charge in [-0.05, 0) is 25.0 Å². The first-order valence-electron chi connectivity index (χ1n) is 6.39. The van der Waals surface area contributed by atoms with Gasteiger partial charge in [0.2, 0.25) is 5.90 Å². The number of ether oxygens (including phenoxy) is 1. The van der Waals surface area contributed by atoms with Crippen LogP contribution in [-0.4, -0.2) is 11.9 Å². The highest BCUT2D eigenvalue weighted by Crippen LogP contribution is 2.29. The van der Waals surface area contributed by atoms with Gasteiger partial charge in [-0.3, -0.25) is 0 Å². The van der Waals surface area contributed by atoms with E-state index in [0.717, 1.165) is 12.8 Å². The van der Waals surface area contributed by atoms with E-state index in [4.69, 9.17) is 9.15 Å². The first-order valence-corrected chi connectivity index (χ1v) is 6.39. The summed E-state index contributed by atoms with van der Waals surface area (Å²) in [7, 11) is 0. The molecule has 0 bridgehead atoms. The van der Waals surface area contributed by atoms with Gasteiger partial charge in [-0.25, -0.2) is 9.79 Å². The molecular weight excluding hydrogens is 230 g/mol. The molecule has 2 heterocycles. The van der Waals surface area contributed by atoms with Crippen LogP contribution in [0.2, 0.25) is 0 Å². The van der Waals surface area contributed by atoms with Crippen LogP contribution in [-0.2, 0) is 9.53 Å². The number of hydrogen-bond donors (Lipinski definition) is 0. The van der Waals surface area contributed by atoms with Crippen LogP contribution in [0.1, 0.15) is 37.9 Å². The van der Waals surface area contributed by atoms with Gasteiger partial charge in [0.15, 0.2) is 5.70 Å². The minimum atomic E-state index is -0.369. The third-order valence-corrected chi connectivity index (χ3v) is 3.41. The number of carbonyl (C=O) groups excluding carboxylic acids is 1. The predicted octanol–water partition coefficient (Wildman–Crippen LogP) is 3.16. The van der Waals surface area contributed by atoms with Gasteiger partial charge in [-0.1, -0.05) is 19.3 Å². The monoisotopic (exact) mass is 245 g/mol. The minimum Gasteiger partial charge on any atom is -0.465 e. The van der Waals surface area contributed by atoms with Crippen LogP contribution in [0.15, 0.2) is 33.5 Å². The molecule has 3 rings (SSSR count). The van der Waals surface area contributed by atoms with Crippen LogP contribution >= 0.6 is 0 Å². The van der Waals surface area contributed by atoms with Gasteiger partial charge in [0, 0.05) is 12.0 Å². The highest BCUT2D eigenvalue weighted by Gasteiger charge is 2.30. The highest BCUT2D eigenvalue weighted by atomic mass is 16.6. The van der Waals surface area contributed by atoms with E-state index in [0.29, 0.717) is 23.3 Å². The lowest BCUT2D eigenvalue weighted by atomic mass is 9.89. The number of aliphatic imine (C=N–C) groups is 1. The van der Waals surface area contributed by atoms with E-state index in [1.807, 2.05) is 0 Å². The number of nitrogens with zero attached hydrogens (tertiary/aromatic N) is 1. The van der Waals surface area contributed by atoms with E-state index in [1.54, 1.807) is 24.5 Å². The molecule has 4 heteroatoms. The summed E-state index contributed by atoms with van der Waals surface area (Å²) in [6, 6.07) is 3.56. The molecule has 0 spiro atoms. The molecule has 0 unspecified atom stereocenters. The lowest BCUT2D eigenvalue weighted by molar-refractivity contribution is -0.130. The molecule has 0 aromatic carbocycles. The van der Waals surface area contributed by atoms with E-state index >= 15 is 0 Å². The van der Waals surface area contributed by atoms with Crippen molar-refractivity contribution in [1.82, 2.24) is 0 Å². The number of furan rings is 1. The average molecular weight is 245 g/mol. The zero-order valence-corrected chi connectivity index (χ0v) is 10.1. The van der Waals surface area contributed by atoms with Crippen molar-refractivity contribution in [1.29, 1.82) is 0 Å². The van der Waals surface area contributed by atoms with Gasteiger partial charge < -0.3 is 9.15 Å². The van der Waals surface area contributed by atoms with Crippen molar-refractivity contribution in [3.63, 3.8) is 0 Å². The Morgan fingerprint density at radius 3 is 2.83 bits per heavy atom. The fourth-order valence-electron chi connectivity index (χ4n) is 2.46. The Morgan fingerprint density at radius 2 is 2.11 bits per heavy atom. The first kappa shape index (κ1) is 11.3. The smallest absolute Gasteiger partial charge is 0.363 e. The Morgan fingerprint density at radius 1 is 1.28 bits per heavy atom. The molecule has 94 valence electrons. The van der Waals surface area contributed by atoms with E-state index in [9.17, 15) is 4.79 Å². The molecular formula is C14H15NO3. The van der Waals surface area contributed by atoms with Gasteiger partial charge in [0.25, 0.3) is 0 Å². The molecule has 0 saturated heterocycles. The minimum absolute atomic E-state index is 0.310. The molecule has 18 heavy (non-hydrogen) atoms. The molecule has 0 atom stereocenters. The average Bonchev–Trinajstić information content (AvgIpc) is 3.02. The predicted molar refractivity (Wildman–Crippen MR) is 66.8 cm³/mol. The van der Waals surface area contributed by atoms with Crippen LogP contribution < -0.4 is 0 Å². The number of esters is 1. The maximum Gasteiger partial charge on any atom is 0.363 e. The fourth-order valence-corrected chi connectivity index (χ4v) is 2.46. The van der Waals surface area contributed by atoms with E-state index in [-0.39, 0.29) is 5.97 Å². The second-order valence-electron chi connectivity index (χ2n) is 4.72. The van der Waals surface area contributed by atoms with Crippen LogP contribution in [0.25, 0.3) is 6.08 Å². The van der Waals surface area contributed by atoms with Crippen molar-refractivity contribution in [3.05, 3.63) is 29.9 Å². The Kier molecular flexibility index (Phi) is 3.00. The largest absolute Gasteiger partial charge is 0.465 e. The lowest BCUT2D eigenvalue weighted by Gasteiger charge is -2.19. The Balaban J connectivity index is 1.80. The molecule has 1 aromatic rings. The second kappa shape index (κ2) is 4.80. The summed E-state index contributed by atoms with van der Waals surface area (Å²) in [4.78, 5) is 16.0. The van der Waals surface area contributed by atoms with E-state index in [1.165, 1.54) is 19.3 Å². The number of carbonyl (C=O) groups is 1. The number of rotatable bonds is 2. The molecule has 1 aliphatic carbocycles. The molecule has 1 saturated carbocycles. The molecule has 1 aliphatic heterocycles. The summed E-state index contributed by atoms with van der Waals surface area (Å²) in [5.74, 6) is 1.16. The molecule has 4 nitrogen and oxygen atoms in total. The van der Waals surface area contributed by atoms with E-state index < -0.39 is 0 Å². The number of cyclic esters (lactones) is 1. The third kappa shape index (κ3) is 2.23. The maximum atomic E-state index is 11.7. The van der Waals surface area contributed by atoms with E-state index in [2.05, 4.69) is 4.99 Å². The summed E-state index contributed by atoms with van der Waals surface area (Å²) < 4.78 is 10.4. The third-order valence-electron chi connectivity index (χ3n) is 3.41. The Bertz CT molecular complexity index is 493. The number of hydrogen-bond acceptors (Lipinski definition) is 4. The fraction of sp³-hybridized carbons (Fsp3) is 0.429. The molecule has 0 amide bonds. The maximum absolute atomic E-state index is 11.7. The van der Waals surface area contributed by atoms with Gasteiger partial charge in [0.05, 0.1) is 6.26 Å². The molecule has 1 fully saturated rings. The summed E-state index contributed by atoms with van der Waals surface area (Å²) in [5.41, 5.74) is 0.338. The molecule has 1 aromatic heterocycles. The standard InChI is InChI=1S/C14H15NO3/c16-14-12(9-11-7-4-8-17-11)15-13(18-14)10-5-2-1-3-6-10/h4,7-10H,1-3,5-6H2/b12-9+. The van der Waals surface area contributed by atoms with Gasteiger partial charge in [-0.15, -0.1) is 0 Å². The summed E-state index contributed by atoms with van der Waals surface area (Å²) in [6.07, 6.45) is 8.99. The quantitative estimate of drug-likeness (QED) is 0.594. The van der Waals surface area contributed by atoms with Gasteiger partial charge in [0.1, 0.15) is 5.76 Å². The van der Waals surface area contributed by atoms with Crippen LogP contribution in [0.4, 0.5) is 0 Å². The topological polar surface area (TPSA) is 51.8 Å². The van der Waals surface area contributed by atoms with Crippen LogP contribution in [0, 0.1) is 5.92 Å². The van der Waals surface area contributed by atoms with Crippen molar-refractivity contribution in [2.75, 3.05) is 0 Å². The van der Waals surface area contributed by atoms with Crippen molar-refractivity contribution < 1.29 is 13.9 Å². The van der Waals surface area contributed by atoms with Crippen molar-refractivity contribution in [2.24, 2.45) is 10.9 Å². The van der Waals surface area contributed by atoms with Crippen LogP contribution in [0.3, 0.4) is 0 Å². The Labute approximate surface area is 105 Å². The van der Waals surface area contributed by atoms with Gasteiger partial charge in [-0.2, -0.15) is 0 Å². The normalized spacial score (nSPS) is 23.2. The first-order chi connectivity index (χ1) is 8.83.